The first kappa shape index (κ1) is 16.2. The van der Waals surface area contributed by atoms with Gasteiger partial charge in [-0.3, -0.25) is 4.90 Å². The van der Waals surface area contributed by atoms with Crippen molar-refractivity contribution < 1.29 is 17.6 Å². The van der Waals surface area contributed by atoms with Crippen molar-refractivity contribution in [3.63, 3.8) is 0 Å². The van der Waals surface area contributed by atoms with Crippen LogP contribution >= 0.6 is 0 Å². The third kappa shape index (κ3) is 4.17. The predicted octanol–water partition coefficient (Wildman–Crippen LogP) is 3.42. The molecule has 0 bridgehead atoms. The standard InChI is InChI=1S/C15H20F4N2/c1-2-7-21(13-5-6-20-9-13)10-11-3-4-12(16)8-14(11)15(17,18)19/h3-4,8,13,20H,2,5-7,9-10H2,1H3. The van der Waals surface area contributed by atoms with E-state index >= 15 is 0 Å². The van der Waals surface area contributed by atoms with Crippen LogP contribution in [0.3, 0.4) is 0 Å². The van der Waals surface area contributed by atoms with Gasteiger partial charge in [0.15, 0.2) is 0 Å². The molecule has 1 fully saturated rings. The summed E-state index contributed by atoms with van der Waals surface area (Å²) in [6, 6.07) is 3.19. The maximum Gasteiger partial charge on any atom is 0.416 e. The molecular formula is C15H20F4N2. The van der Waals surface area contributed by atoms with Crippen LogP contribution in [0.2, 0.25) is 0 Å². The van der Waals surface area contributed by atoms with E-state index in [9.17, 15) is 17.6 Å². The second-order valence-corrected chi connectivity index (χ2v) is 5.42. The summed E-state index contributed by atoms with van der Waals surface area (Å²) in [6.07, 6.45) is -2.72. The molecule has 118 valence electrons. The molecule has 1 aliphatic heterocycles. The molecule has 6 heteroatoms. The molecule has 0 amide bonds. The van der Waals surface area contributed by atoms with Crippen molar-refractivity contribution in [1.29, 1.82) is 0 Å². The van der Waals surface area contributed by atoms with E-state index in [1.54, 1.807) is 0 Å². The van der Waals surface area contributed by atoms with Crippen molar-refractivity contribution in [2.24, 2.45) is 0 Å². The average Bonchev–Trinajstić information content (AvgIpc) is 2.93. The van der Waals surface area contributed by atoms with Gasteiger partial charge in [0, 0.05) is 19.1 Å². The molecule has 0 radical (unpaired) electrons. The zero-order valence-corrected chi connectivity index (χ0v) is 12.0. The molecule has 0 spiro atoms. The third-order valence-electron chi connectivity index (χ3n) is 3.81. The lowest BCUT2D eigenvalue weighted by Gasteiger charge is -2.29. The van der Waals surface area contributed by atoms with Crippen molar-refractivity contribution >= 4 is 0 Å². The normalized spacial score (nSPS) is 19.4. The lowest BCUT2D eigenvalue weighted by molar-refractivity contribution is -0.138. The van der Waals surface area contributed by atoms with E-state index in [-0.39, 0.29) is 18.2 Å². The highest BCUT2D eigenvalue weighted by Crippen LogP contribution is 2.33. The van der Waals surface area contributed by atoms with Crippen molar-refractivity contribution in [2.45, 2.75) is 38.5 Å². The average molecular weight is 304 g/mol. The van der Waals surface area contributed by atoms with Gasteiger partial charge in [0.25, 0.3) is 0 Å². The highest BCUT2D eigenvalue weighted by atomic mass is 19.4. The Labute approximate surface area is 122 Å². The molecule has 1 aromatic carbocycles. The minimum atomic E-state index is -4.52. The van der Waals surface area contributed by atoms with Gasteiger partial charge in [-0.25, -0.2) is 4.39 Å². The number of hydrogen-bond acceptors (Lipinski definition) is 2. The molecule has 1 atom stereocenters. The van der Waals surface area contributed by atoms with Crippen molar-refractivity contribution in [1.82, 2.24) is 10.2 Å². The fourth-order valence-electron chi connectivity index (χ4n) is 2.80. The largest absolute Gasteiger partial charge is 0.416 e. The van der Waals surface area contributed by atoms with Gasteiger partial charge in [-0.1, -0.05) is 13.0 Å². The number of nitrogens with zero attached hydrogens (tertiary/aromatic N) is 1. The summed E-state index contributed by atoms with van der Waals surface area (Å²) in [5.74, 6) is -0.851. The van der Waals surface area contributed by atoms with E-state index < -0.39 is 17.6 Å². The maximum absolute atomic E-state index is 13.1. The fourth-order valence-corrected chi connectivity index (χ4v) is 2.80. The zero-order valence-electron chi connectivity index (χ0n) is 12.0. The first-order valence-electron chi connectivity index (χ1n) is 7.22. The Hall–Kier alpha value is -1.14. The SMILES string of the molecule is CCCN(Cc1ccc(F)cc1C(F)(F)F)C1CCNC1. The lowest BCUT2D eigenvalue weighted by atomic mass is 10.0. The Morgan fingerprint density at radius 3 is 2.67 bits per heavy atom. The van der Waals surface area contributed by atoms with Crippen LogP contribution < -0.4 is 5.32 Å². The van der Waals surface area contributed by atoms with Crippen LogP contribution in [-0.2, 0) is 12.7 Å². The first-order chi connectivity index (χ1) is 9.91. The van der Waals surface area contributed by atoms with Gasteiger partial charge < -0.3 is 5.32 Å². The van der Waals surface area contributed by atoms with Gasteiger partial charge in [0.2, 0.25) is 0 Å². The van der Waals surface area contributed by atoms with Crippen molar-refractivity contribution in [3.05, 3.63) is 35.1 Å². The van der Waals surface area contributed by atoms with Crippen molar-refractivity contribution in [2.75, 3.05) is 19.6 Å². The molecule has 0 saturated carbocycles. The summed E-state index contributed by atoms with van der Waals surface area (Å²) in [5, 5.41) is 3.23. The van der Waals surface area contributed by atoms with Crippen LogP contribution in [0.1, 0.15) is 30.9 Å². The topological polar surface area (TPSA) is 15.3 Å². The van der Waals surface area contributed by atoms with Crippen LogP contribution in [0.25, 0.3) is 0 Å². The number of halogens is 4. The van der Waals surface area contributed by atoms with Gasteiger partial charge in [-0.2, -0.15) is 13.2 Å². The predicted molar refractivity (Wildman–Crippen MR) is 73.4 cm³/mol. The monoisotopic (exact) mass is 304 g/mol. The third-order valence-corrected chi connectivity index (χ3v) is 3.81. The van der Waals surface area contributed by atoms with Gasteiger partial charge in [0.1, 0.15) is 5.82 Å². The maximum atomic E-state index is 13.1. The second kappa shape index (κ2) is 6.75. The summed E-state index contributed by atoms with van der Waals surface area (Å²) in [7, 11) is 0. The quantitative estimate of drug-likeness (QED) is 0.839. The summed E-state index contributed by atoms with van der Waals surface area (Å²) >= 11 is 0. The van der Waals surface area contributed by atoms with E-state index in [1.807, 2.05) is 6.92 Å². The second-order valence-electron chi connectivity index (χ2n) is 5.42. The molecule has 0 aliphatic carbocycles. The van der Waals surface area contributed by atoms with E-state index in [1.165, 1.54) is 6.07 Å². The van der Waals surface area contributed by atoms with E-state index in [4.69, 9.17) is 0 Å². The summed E-state index contributed by atoms with van der Waals surface area (Å²) in [4.78, 5) is 2.06. The smallest absolute Gasteiger partial charge is 0.315 e. The Kier molecular flexibility index (Phi) is 5.22. The Morgan fingerprint density at radius 1 is 1.33 bits per heavy atom. The van der Waals surface area contributed by atoms with E-state index in [2.05, 4.69) is 10.2 Å². The number of benzene rings is 1. The van der Waals surface area contributed by atoms with Gasteiger partial charge in [-0.15, -0.1) is 0 Å². The molecule has 0 aromatic heterocycles. The zero-order chi connectivity index (χ0) is 15.5. The number of alkyl halides is 3. The Bertz CT molecular complexity index is 467. The molecular weight excluding hydrogens is 284 g/mol. The van der Waals surface area contributed by atoms with E-state index in [0.29, 0.717) is 6.07 Å². The highest BCUT2D eigenvalue weighted by molar-refractivity contribution is 5.30. The Morgan fingerprint density at radius 2 is 2.10 bits per heavy atom. The lowest BCUT2D eigenvalue weighted by Crippen LogP contribution is -2.37. The van der Waals surface area contributed by atoms with Crippen LogP contribution in [-0.4, -0.2) is 30.6 Å². The molecule has 2 rings (SSSR count). The highest BCUT2D eigenvalue weighted by Gasteiger charge is 2.34. The number of hydrogen-bond donors (Lipinski definition) is 1. The molecule has 1 heterocycles. The minimum absolute atomic E-state index is 0.143. The van der Waals surface area contributed by atoms with Gasteiger partial charge in [-0.05, 0) is 43.6 Å². The summed E-state index contributed by atoms with van der Waals surface area (Å²) in [5.41, 5.74) is -0.723. The Balaban J connectivity index is 2.23. The molecule has 2 nitrogen and oxygen atoms in total. The molecule has 1 N–H and O–H groups in total. The first-order valence-corrected chi connectivity index (χ1v) is 7.22. The van der Waals surface area contributed by atoms with Crippen LogP contribution in [0.15, 0.2) is 18.2 Å². The molecule has 1 saturated heterocycles. The molecule has 1 aliphatic rings. The van der Waals surface area contributed by atoms with Gasteiger partial charge in [0.05, 0.1) is 5.56 Å². The number of nitrogens with one attached hydrogen (secondary N) is 1. The summed E-state index contributed by atoms with van der Waals surface area (Å²) in [6.45, 7) is 4.63. The van der Waals surface area contributed by atoms with Crippen LogP contribution in [0.4, 0.5) is 17.6 Å². The fraction of sp³-hybridized carbons (Fsp3) is 0.600. The van der Waals surface area contributed by atoms with Crippen LogP contribution in [0.5, 0.6) is 0 Å². The van der Waals surface area contributed by atoms with Crippen molar-refractivity contribution in [3.8, 4) is 0 Å². The molecule has 21 heavy (non-hydrogen) atoms. The van der Waals surface area contributed by atoms with Gasteiger partial charge >= 0.3 is 6.18 Å². The van der Waals surface area contributed by atoms with Crippen LogP contribution in [0, 0.1) is 5.82 Å². The minimum Gasteiger partial charge on any atom is -0.315 e. The molecule has 1 unspecified atom stereocenters. The molecule has 1 aromatic rings. The number of rotatable bonds is 5. The summed E-state index contributed by atoms with van der Waals surface area (Å²) < 4.78 is 52.3. The van der Waals surface area contributed by atoms with E-state index in [0.717, 1.165) is 38.5 Å².